The molecule has 438 valence electrons. The lowest BCUT2D eigenvalue weighted by molar-refractivity contribution is -0.155. The summed E-state index contributed by atoms with van der Waals surface area (Å²) < 4.78 is 10.6. The molecule has 1 unspecified atom stereocenters. The van der Waals surface area contributed by atoms with Gasteiger partial charge in [0.05, 0.1) is 31.0 Å². The van der Waals surface area contributed by atoms with Crippen molar-refractivity contribution in [3.63, 3.8) is 0 Å². The van der Waals surface area contributed by atoms with E-state index in [1.54, 1.807) is 0 Å². The summed E-state index contributed by atoms with van der Waals surface area (Å²) in [5.74, 6) is -1.45. The Kier molecular flexibility index (Phi) is 55.1. The van der Waals surface area contributed by atoms with Crippen LogP contribution in [0.15, 0.2) is 12.2 Å². The van der Waals surface area contributed by atoms with Crippen LogP contribution < -0.4 is 0 Å². The van der Waals surface area contributed by atoms with E-state index in [-0.39, 0.29) is 19.6 Å². The first-order chi connectivity index (χ1) is 36.6. The van der Waals surface area contributed by atoms with E-state index < -0.39 is 36.5 Å². The average molecular weight is 1040 g/mol. The Balaban J connectivity index is 1.67. The molecule has 1 aliphatic heterocycles. The monoisotopic (exact) mass is 1040 g/mol. The van der Waals surface area contributed by atoms with Crippen LogP contribution in [0.1, 0.15) is 373 Å². The quantitative estimate of drug-likeness (QED) is 0.0358. The summed E-state index contributed by atoms with van der Waals surface area (Å²) in [6.45, 7) is 1.18. The van der Waals surface area contributed by atoms with Crippen LogP contribution in [-0.2, 0) is 19.1 Å². The Bertz CT molecular complexity index is 1160. The Morgan fingerprint density at radius 1 is 0.351 bits per heavy atom. The van der Waals surface area contributed by atoms with Crippen molar-refractivity contribution >= 4 is 11.9 Å². The molecule has 0 amide bonds. The van der Waals surface area contributed by atoms with Crippen LogP contribution in [-0.4, -0.2) is 48.6 Å². The number of cyclic esters (lactones) is 2. The Morgan fingerprint density at radius 2 is 0.581 bits per heavy atom. The van der Waals surface area contributed by atoms with Gasteiger partial charge in [0.25, 0.3) is 0 Å². The topological polar surface area (TPSA) is 93.1 Å². The van der Waals surface area contributed by atoms with E-state index in [2.05, 4.69) is 19.1 Å². The lowest BCUT2D eigenvalue weighted by Gasteiger charge is -2.27. The SMILES string of the molecule is CCCCCCCCCCCCCCCCCCCCCCCCCCCCCCCCCCCCCCCCCCCCCCCCCCCCC/C=C/CCCCC1CC(=O)OCC(CO)(CO)COC1=O. The third-order valence-corrected chi connectivity index (χ3v) is 16.8. The Labute approximate surface area is 462 Å². The number of esters is 2. The highest BCUT2D eigenvalue weighted by molar-refractivity contribution is 5.80. The summed E-state index contributed by atoms with van der Waals surface area (Å²) in [4.78, 5) is 24.7. The van der Waals surface area contributed by atoms with Gasteiger partial charge >= 0.3 is 11.9 Å². The molecule has 74 heavy (non-hydrogen) atoms. The van der Waals surface area contributed by atoms with Crippen molar-refractivity contribution in [3.05, 3.63) is 12.2 Å². The van der Waals surface area contributed by atoms with Crippen molar-refractivity contribution < 1.29 is 29.3 Å². The number of rotatable bonds is 59. The van der Waals surface area contributed by atoms with E-state index in [4.69, 9.17) is 9.47 Å². The normalized spacial score (nSPS) is 15.1. The highest BCUT2D eigenvalue weighted by Crippen LogP contribution is 2.25. The molecule has 6 heteroatoms. The van der Waals surface area contributed by atoms with Gasteiger partial charge in [-0.15, -0.1) is 0 Å². The molecule has 0 spiro atoms. The number of carbonyl (C=O) groups is 2. The smallest absolute Gasteiger partial charge is 0.309 e. The van der Waals surface area contributed by atoms with Gasteiger partial charge in [-0.3, -0.25) is 9.59 Å². The summed E-state index contributed by atoms with van der Waals surface area (Å²) in [6, 6.07) is 0. The fourth-order valence-electron chi connectivity index (χ4n) is 11.3. The van der Waals surface area contributed by atoms with Crippen LogP contribution in [0.5, 0.6) is 0 Å². The molecule has 0 aliphatic carbocycles. The second-order valence-electron chi connectivity index (χ2n) is 24.2. The van der Waals surface area contributed by atoms with Gasteiger partial charge in [-0.05, 0) is 32.1 Å². The zero-order valence-corrected chi connectivity index (χ0v) is 49.9. The zero-order valence-electron chi connectivity index (χ0n) is 49.9. The second kappa shape index (κ2) is 57.8. The third-order valence-electron chi connectivity index (χ3n) is 16.8. The van der Waals surface area contributed by atoms with Gasteiger partial charge in [-0.2, -0.15) is 0 Å². The van der Waals surface area contributed by atoms with Crippen LogP contribution in [0.2, 0.25) is 0 Å². The third kappa shape index (κ3) is 48.9. The molecule has 1 aliphatic rings. The maximum absolute atomic E-state index is 12.5. The van der Waals surface area contributed by atoms with Crippen molar-refractivity contribution in [1.29, 1.82) is 0 Å². The fraction of sp³-hybridized carbons (Fsp3) is 0.941. The maximum Gasteiger partial charge on any atom is 0.309 e. The first-order valence-corrected chi connectivity index (χ1v) is 33.8. The van der Waals surface area contributed by atoms with Crippen LogP contribution in [0.3, 0.4) is 0 Å². The van der Waals surface area contributed by atoms with E-state index in [0.29, 0.717) is 6.42 Å². The van der Waals surface area contributed by atoms with Crippen molar-refractivity contribution in [2.24, 2.45) is 11.3 Å². The molecule has 1 heterocycles. The number of carbonyl (C=O) groups excluding carboxylic acids is 2. The number of aliphatic hydroxyl groups is 2. The molecular formula is C68H130O6. The molecule has 1 rings (SSSR count). The molecule has 2 N–H and O–H groups in total. The minimum Gasteiger partial charge on any atom is -0.465 e. The second-order valence-corrected chi connectivity index (χ2v) is 24.2. The van der Waals surface area contributed by atoms with Crippen molar-refractivity contribution in [3.8, 4) is 0 Å². The number of unbranched alkanes of at least 4 members (excludes halogenated alkanes) is 53. The van der Waals surface area contributed by atoms with Gasteiger partial charge in [-0.1, -0.05) is 347 Å². The lowest BCUT2D eigenvalue weighted by Crippen LogP contribution is -2.40. The molecule has 6 nitrogen and oxygen atoms in total. The summed E-state index contributed by atoms with van der Waals surface area (Å²) in [5, 5.41) is 19.2. The first-order valence-electron chi connectivity index (χ1n) is 33.8. The minimum absolute atomic E-state index is 0.0124. The van der Waals surface area contributed by atoms with E-state index in [1.165, 1.54) is 327 Å². The van der Waals surface area contributed by atoms with Gasteiger partial charge < -0.3 is 19.7 Å². The van der Waals surface area contributed by atoms with E-state index in [0.717, 1.165) is 25.7 Å². The molecule has 1 saturated heterocycles. The van der Waals surface area contributed by atoms with E-state index >= 15 is 0 Å². The van der Waals surface area contributed by atoms with Crippen LogP contribution in [0.4, 0.5) is 0 Å². The molecule has 0 saturated carbocycles. The van der Waals surface area contributed by atoms with Gasteiger partial charge in [0.2, 0.25) is 0 Å². The standard InChI is InChI=1S/C68H130O6/c1-2-3-4-5-6-7-8-9-10-11-12-13-14-15-16-17-18-19-20-21-22-23-24-25-26-27-28-29-30-31-32-33-34-35-36-37-38-39-40-41-42-43-44-45-46-47-48-49-50-51-52-53-54-55-56-57-58-59-65-60-66(71)73-63-68(61-69,62-70)64-74-67(65)72/h54-55,65,69-70H,2-53,56-64H2,1H3/b55-54+. The van der Waals surface area contributed by atoms with Gasteiger partial charge in [-0.25, -0.2) is 0 Å². The molecule has 0 radical (unpaired) electrons. The number of aliphatic hydroxyl groups excluding tert-OH is 2. The zero-order chi connectivity index (χ0) is 53.2. The summed E-state index contributed by atoms with van der Waals surface area (Å²) in [5.41, 5.74) is -1.13. The molecule has 1 fully saturated rings. The van der Waals surface area contributed by atoms with Crippen LogP contribution >= 0.6 is 0 Å². The predicted octanol–water partition coefficient (Wildman–Crippen LogP) is 21.5. The van der Waals surface area contributed by atoms with Crippen molar-refractivity contribution in [2.45, 2.75) is 373 Å². The van der Waals surface area contributed by atoms with Gasteiger partial charge in [0.15, 0.2) is 0 Å². The van der Waals surface area contributed by atoms with E-state index in [1.807, 2.05) is 0 Å². The highest BCUT2D eigenvalue weighted by atomic mass is 16.6. The lowest BCUT2D eigenvalue weighted by atomic mass is 9.92. The predicted molar refractivity (Wildman–Crippen MR) is 320 cm³/mol. The molecule has 0 aromatic rings. The Morgan fingerprint density at radius 3 is 0.838 bits per heavy atom. The minimum atomic E-state index is -1.13. The van der Waals surface area contributed by atoms with Crippen LogP contribution in [0.25, 0.3) is 0 Å². The first kappa shape index (κ1) is 70.6. The molecule has 0 bridgehead atoms. The maximum atomic E-state index is 12.5. The van der Waals surface area contributed by atoms with E-state index in [9.17, 15) is 19.8 Å². The van der Waals surface area contributed by atoms with Crippen molar-refractivity contribution in [2.75, 3.05) is 26.4 Å². The summed E-state index contributed by atoms with van der Waals surface area (Å²) in [6.07, 6.45) is 83.3. The molecular weight excluding hydrogens is 913 g/mol. The average Bonchev–Trinajstić information content (AvgIpc) is 3.47. The largest absolute Gasteiger partial charge is 0.465 e. The molecule has 0 aromatic heterocycles. The van der Waals surface area contributed by atoms with Crippen LogP contribution in [0, 0.1) is 11.3 Å². The van der Waals surface area contributed by atoms with Crippen molar-refractivity contribution in [1.82, 2.24) is 0 Å². The fourth-order valence-corrected chi connectivity index (χ4v) is 11.3. The molecule has 0 aromatic carbocycles. The summed E-state index contributed by atoms with van der Waals surface area (Å²) >= 11 is 0. The summed E-state index contributed by atoms with van der Waals surface area (Å²) in [7, 11) is 0. The van der Waals surface area contributed by atoms with Gasteiger partial charge in [0, 0.05) is 0 Å². The number of hydrogen-bond donors (Lipinski definition) is 2. The highest BCUT2D eigenvalue weighted by Gasteiger charge is 2.36. The van der Waals surface area contributed by atoms with Gasteiger partial charge in [0.1, 0.15) is 13.2 Å². The number of hydrogen-bond acceptors (Lipinski definition) is 6. The number of ether oxygens (including phenoxy) is 2. The number of allylic oxidation sites excluding steroid dienone is 2. The molecule has 1 atom stereocenters. The Hall–Kier alpha value is -1.40.